The molecular formula is C21H36N4O2. The Labute approximate surface area is 163 Å². The molecule has 1 heterocycles. The summed E-state index contributed by atoms with van der Waals surface area (Å²) in [5.74, 6) is 0.617. The minimum absolute atomic E-state index is 0.0787. The molecule has 0 bridgehead atoms. The van der Waals surface area contributed by atoms with Crippen molar-refractivity contribution in [2.45, 2.75) is 77.8 Å². The number of carbonyl (C=O) groups excluding carboxylic acids is 1. The Kier molecular flexibility index (Phi) is 6.58. The number of hydrogen-bond donors (Lipinski definition) is 3. The van der Waals surface area contributed by atoms with E-state index < -0.39 is 0 Å². The van der Waals surface area contributed by atoms with Crippen LogP contribution < -0.4 is 10.6 Å². The maximum absolute atomic E-state index is 12.4. The molecule has 3 rings (SSSR count). The van der Waals surface area contributed by atoms with Crippen molar-refractivity contribution in [2.24, 2.45) is 11.3 Å². The molecule has 0 aromatic carbocycles. The lowest BCUT2D eigenvalue weighted by Gasteiger charge is -2.29. The van der Waals surface area contributed by atoms with E-state index in [4.69, 9.17) is 5.10 Å². The molecule has 0 saturated heterocycles. The van der Waals surface area contributed by atoms with E-state index in [-0.39, 0.29) is 17.9 Å². The number of rotatable bonds is 7. The van der Waals surface area contributed by atoms with Crippen LogP contribution in [0, 0.1) is 11.3 Å². The van der Waals surface area contributed by atoms with Crippen LogP contribution >= 0.6 is 0 Å². The molecule has 1 aromatic heterocycles. The lowest BCUT2D eigenvalue weighted by molar-refractivity contribution is 0.0956. The van der Waals surface area contributed by atoms with Gasteiger partial charge in [0.15, 0.2) is 5.69 Å². The molecule has 1 aromatic rings. The summed E-state index contributed by atoms with van der Waals surface area (Å²) in [7, 11) is 1.68. The molecule has 2 aliphatic rings. The van der Waals surface area contributed by atoms with E-state index in [1.54, 1.807) is 7.05 Å². The number of amides is 1. The number of nitrogens with one attached hydrogen (secondary N) is 2. The van der Waals surface area contributed by atoms with Crippen molar-refractivity contribution >= 4 is 5.91 Å². The van der Waals surface area contributed by atoms with Crippen LogP contribution in [0.2, 0.25) is 0 Å². The second-order valence-corrected chi connectivity index (χ2v) is 9.18. The normalized spacial score (nSPS) is 21.1. The second kappa shape index (κ2) is 8.74. The van der Waals surface area contributed by atoms with Crippen molar-refractivity contribution in [3.05, 3.63) is 17.0 Å². The van der Waals surface area contributed by atoms with Gasteiger partial charge in [0.25, 0.3) is 5.91 Å². The first-order valence-corrected chi connectivity index (χ1v) is 10.6. The predicted molar refractivity (Wildman–Crippen MR) is 107 cm³/mol. The molecule has 1 fully saturated rings. The summed E-state index contributed by atoms with van der Waals surface area (Å²) in [5.41, 5.74) is 2.86. The molecule has 0 spiro atoms. The molecule has 27 heavy (non-hydrogen) atoms. The van der Waals surface area contributed by atoms with Gasteiger partial charge in [-0.05, 0) is 38.0 Å². The Hall–Kier alpha value is -1.40. The van der Waals surface area contributed by atoms with Crippen LogP contribution in [0.4, 0.5) is 0 Å². The first kappa shape index (κ1) is 20.3. The van der Waals surface area contributed by atoms with E-state index in [9.17, 15) is 9.90 Å². The second-order valence-electron chi connectivity index (χ2n) is 9.18. The van der Waals surface area contributed by atoms with Crippen LogP contribution in [0.25, 0.3) is 0 Å². The summed E-state index contributed by atoms with van der Waals surface area (Å²) in [4.78, 5) is 12.4. The van der Waals surface area contributed by atoms with Gasteiger partial charge in [-0.1, -0.05) is 33.1 Å². The van der Waals surface area contributed by atoms with Crippen molar-refractivity contribution < 1.29 is 9.90 Å². The average Bonchev–Trinajstić information content (AvgIpc) is 3.04. The molecule has 0 aliphatic heterocycles. The summed E-state index contributed by atoms with van der Waals surface area (Å²) in [5, 5.41) is 20.6. The van der Waals surface area contributed by atoms with Gasteiger partial charge < -0.3 is 15.7 Å². The minimum Gasteiger partial charge on any atom is -0.396 e. The van der Waals surface area contributed by atoms with Crippen molar-refractivity contribution in [3.63, 3.8) is 0 Å². The molecule has 0 radical (unpaired) electrons. The quantitative estimate of drug-likeness (QED) is 0.682. The Morgan fingerprint density at radius 3 is 2.67 bits per heavy atom. The molecule has 152 valence electrons. The fourth-order valence-corrected chi connectivity index (χ4v) is 4.40. The zero-order valence-corrected chi connectivity index (χ0v) is 17.2. The lowest BCUT2D eigenvalue weighted by atomic mass is 9.88. The molecule has 6 heteroatoms. The molecule has 1 amide bonds. The van der Waals surface area contributed by atoms with Crippen LogP contribution in [-0.2, 0) is 19.4 Å². The fourth-order valence-electron chi connectivity index (χ4n) is 4.40. The molecule has 1 saturated carbocycles. The lowest BCUT2D eigenvalue weighted by Crippen LogP contribution is -2.42. The predicted octanol–water partition coefficient (Wildman–Crippen LogP) is 2.29. The Morgan fingerprint density at radius 1 is 1.26 bits per heavy atom. The number of aliphatic hydroxyl groups is 1. The molecule has 6 nitrogen and oxygen atoms in total. The third kappa shape index (κ3) is 4.91. The van der Waals surface area contributed by atoms with Gasteiger partial charge in [0.2, 0.25) is 0 Å². The zero-order valence-electron chi connectivity index (χ0n) is 17.2. The largest absolute Gasteiger partial charge is 0.396 e. The number of fused-ring (bicyclic) bond motifs is 1. The number of nitrogens with zero attached hydrogens (tertiary/aromatic N) is 2. The zero-order chi connectivity index (χ0) is 19.4. The van der Waals surface area contributed by atoms with Gasteiger partial charge in [0.05, 0.1) is 0 Å². The summed E-state index contributed by atoms with van der Waals surface area (Å²) < 4.78 is 2.14. The van der Waals surface area contributed by atoms with E-state index in [0.717, 1.165) is 37.9 Å². The van der Waals surface area contributed by atoms with E-state index in [0.29, 0.717) is 17.7 Å². The van der Waals surface area contributed by atoms with Gasteiger partial charge in [-0.15, -0.1) is 0 Å². The van der Waals surface area contributed by atoms with Gasteiger partial charge in [-0.3, -0.25) is 9.48 Å². The molecular weight excluding hydrogens is 340 g/mol. The highest BCUT2D eigenvalue weighted by Crippen LogP contribution is 2.29. The molecule has 2 aliphatic carbocycles. The summed E-state index contributed by atoms with van der Waals surface area (Å²) in [6, 6.07) is 0.332. The van der Waals surface area contributed by atoms with Crippen molar-refractivity contribution in [1.29, 1.82) is 0 Å². The number of aliphatic hydroxyl groups excluding tert-OH is 1. The minimum atomic E-state index is -0.130. The summed E-state index contributed by atoms with van der Waals surface area (Å²) in [6.07, 6.45) is 9.42. The third-order valence-electron chi connectivity index (χ3n) is 6.24. The summed E-state index contributed by atoms with van der Waals surface area (Å²) in [6.45, 7) is 6.02. The molecule has 1 atom stereocenters. The van der Waals surface area contributed by atoms with E-state index in [2.05, 4.69) is 29.2 Å². The number of hydrogen-bond acceptors (Lipinski definition) is 4. The van der Waals surface area contributed by atoms with Crippen LogP contribution in [0.5, 0.6) is 0 Å². The Morgan fingerprint density at radius 2 is 2.00 bits per heavy atom. The van der Waals surface area contributed by atoms with Crippen LogP contribution in [0.1, 0.15) is 74.1 Å². The average molecular weight is 377 g/mol. The smallest absolute Gasteiger partial charge is 0.271 e. The van der Waals surface area contributed by atoms with Gasteiger partial charge in [-0.25, -0.2) is 0 Å². The summed E-state index contributed by atoms with van der Waals surface area (Å²) >= 11 is 0. The fraction of sp³-hybridized carbons (Fsp3) is 0.810. The van der Waals surface area contributed by atoms with Gasteiger partial charge in [0.1, 0.15) is 0 Å². The highest BCUT2D eigenvalue weighted by molar-refractivity contribution is 5.93. The van der Waals surface area contributed by atoms with Crippen molar-refractivity contribution in [1.82, 2.24) is 20.4 Å². The van der Waals surface area contributed by atoms with Crippen LogP contribution in [-0.4, -0.2) is 47.0 Å². The maximum Gasteiger partial charge on any atom is 0.271 e. The molecule has 3 N–H and O–H groups in total. The van der Waals surface area contributed by atoms with Crippen molar-refractivity contribution in [2.75, 3.05) is 20.2 Å². The van der Waals surface area contributed by atoms with Crippen molar-refractivity contribution in [3.8, 4) is 0 Å². The van der Waals surface area contributed by atoms with E-state index >= 15 is 0 Å². The van der Waals surface area contributed by atoms with Crippen LogP contribution in [0.15, 0.2) is 0 Å². The van der Waals surface area contributed by atoms with E-state index in [1.165, 1.54) is 37.8 Å². The number of aromatic nitrogens is 2. The van der Waals surface area contributed by atoms with Gasteiger partial charge >= 0.3 is 0 Å². The topological polar surface area (TPSA) is 79.2 Å². The van der Waals surface area contributed by atoms with Gasteiger partial charge in [0, 0.05) is 49.5 Å². The SMILES string of the molecule is CNC(=O)c1nn(CC2CCCCC2)c2c1CC(NCC(C)(C)CO)CC2. The standard InChI is InChI=1S/C21H36N4O2/c1-21(2,14-26)13-23-16-9-10-18-17(11-16)19(20(27)22-3)24-25(18)12-15-7-5-4-6-8-15/h15-16,23,26H,4-14H2,1-3H3,(H,22,27). The van der Waals surface area contributed by atoms with Crippen LogP contribution in [0.3, 0.4) is 0 Å². The monoisotopic (exact) mass is 376 g/mol. The highest BCUT2D eigenvalue weighted by Gasteiger charge is 2.30. The van der Waals surface area contributed by atoms with Gasteiger partial charge in [-0.2, -0.15) is 5.10 Å². The number of carbonyl (C=O) groups is 1. The first-order chi connectivity index (χ1) is 12.9. The van der Waals surface area contributed by atoms with E-state index in [1.807, 2.05) is 0 Å². The Balaban J connectivity index is 1.75. The first-order valence-electron chi connectivity index (χ1n) is 10.6. The molecule has 1 unspecified atom stereocenters. The maximum atomic E-state index is 12.4. The Bertz CT molecular complexity index is 647. The highest BCUT2D eigenvalue weighted by atomic mass is 16.3. The third-order valence-corrected chi connectivity index (χ3v) is 6.24.